The predicted molar refractivity (Wildman–Crippen MR) is 86.9 cm³/mol. The number of aromatic nitrogens is 9. The maximum absolute atomic E-state index is 13.1. The molecule has 0 saturated carbocycles. The number of alkyl halides is 3. The van der Waals surface area contributed by atoms with Crippen LogP contribution >= 0.6 is 0 Å². The summed E-state index contributed by atoms with van der Waals surface area (Å²) in [6, 6.07) is 1.76. The summed E-state index contributed by atoms with van der Waals surface area (Å²) in [4.78, 5) is 17.6. The molecule has 148 valence electrons. The van der Waals surface area contributed by atoms with Gasteiger partial charge in [-0.05, 0) is 33.0 Å². The van der Waals surface area contributed by atoms with Crippen molar-refractivity contribution in [1.82, 2.24) is 45.4 Å². The summed E-state index contributed by atoms with van der Waals surface area (Å²) in [6.45, 7) is 0.0175. The lowest BCUT2D eigenvalue weighted by Gasteiger charge is -2.21. The molecule has 3 rings (SSSR count). The molecule has 0 spiro atoms. The zero-order chi connectivity index (χ0) is 20.5. The van der Waals surface area contributed by atoms with Crippen molar-refractivity contribution in [2.45, 2.75) is 12.7 Å². The molecule has 0 unspecified atom stereocenters. The second kappa shape index (κ2) is 7.16. The second-order valence-electron chi connectivity index (χ2n) is 5.72. The molecule has 0 atom stereocenters. The second-order valence-corrected chi connectivity index (χ2v) is 5.72. The van der Waals surface area contributed by atoms with Crippen LogP contribution in [0.1, 0.15) is 21.9 Å². The Morgan fingerprint density at radius 2 is 1.82 bits per heavy atom. The van der Waals surface area contributed by atoms with Gasteiger partial charge in [0.25, 0.3) is 5.91 Å². The van der Waals surface area contributed by atoms with E-state index in [4.69, 9.17) is 0 Å². The third-order valence-electron chi connectivity index (χ3n) is 3.70. The zero-order valence-corrected chi connectivity index (χ0v) is 14.9. The highest BCUT2D eigenvalue weighted by Crippen LogP contribution is 2.31. The number of tetrazole rings is 2. The van der Waals surface area contributed by atoms with E-state index in [1.165, 1.54) is 28.4 Å². The molecule has 3 aromatic heterocycles. The Balaban J connectivity index is 1.97. The molecule has 15 heteroatoms. The third-order valence-corrected chi connectivity index (χ3v) is 3.70. The largest absolute Gasteiger partial charge is 0.433 e. The maximum atomic E-state index is 13.1. The van der Waals surface area contributed by atoms with E-state index in [1.807, 2.05) is 0 Å². The number of rotatable bonds is 5. The van der Waals surface area contributed by atoms with Crippen molar-refractivity contribution in [1.29, 1.82) is 0 Å². The van der Waals surface area contributed by atoms with Gasteiger partial charge in [0.15, 0.2) is 5.82 Å². The summed E-state index contributed by atoms with van der Waals surface area (Å²) >= 11 is 0. The van der Waals surface area contributed by atoms with Gasteiger partial charge in [-0.2, -0.15) is 13.2 Å². The van der Waals surface area contributed by atoms with Gasteiger partial charge in [0.05, 0.1) is 12.1 Å². The lowest BCUT2D eigenvalue weighted by atomic mass is 10.2. The fraction of sp³-hybridized carbons (Fsp3) is 0.385. The number of carbonyl (C=O) groups is 1. The van der Waals surface area contributed by atoms with Crippen molar-refractivity contribution in [3.05, 3.63) is 29.2 Å². The summed E-state index contributed by atoms with van der Waals surface area (Å²) in [6.07, 6.45) is -4.68. The number of anilines is 2. The molecule has 1 N–H and O–H groups in total. The third kappa shape index (κ3) is 3.86. The highest BCUT2D eigenvalue weighted by Gasteiger charge is 2.34. The van der Waals surface area contributed by atoms with Crippen LogP contribution < -0.4 is 10.2 Å². The van der Waals surface area contributed by atoms with Crippen LogP contribution in [0.5, 0.6) is 0 Å². The lowest BCUT2D eigenvalue weighted by Crippen LogP contribution is -2.26. The molecule has 0 saturated heterocycles. The van der Waals surface area contributed by atoms with E-state index in [-0.39, 0.29) is 23.9 Å². The maximum Gasteiger partial charge on any atom is 0.433 e. The summed E-state index contributed by atoms with van der Waals surface area (Å²) < 4.78 is 41.9. The van der Waals surface area contributed by atoms with Crippen LogP contribution in [0, 0.1) is 0 Å². The van der Waals surface area contributed by atoms with E-state index in [0.717, 1.165) is 12.1 Å². The number of hydrogen-bond acceptors (Lipinski definition) is 9. The molecule has 0 bridgehead atoms. The van der Waals surface area contributed by atoms with Gasteiger partial charge in [-0.25, -0.2) is 14.3 Å². The smallest absolute Gasteiger partial charge is 0.351 e. The van der Waals surface area contributed by atoms with Crippen molar-refractivity contribution >= 4 is 17.7 Å². The quantitative estimate of drug-likeness (QED) is 0.633. The van der Waals surface area contributed by atoms with Crippen molar-refractivity contribution in [2.75, 3.05) is 17.3 Å². The first-order valence-corrected chi connectivity index (χ1v) is 7.71. The molecule has 28 heavy (non-hydrogen) atoms. The number of halogens is 3. The average molecular weight is 397 g/mol. The Kier molecular flexibility index (Phi) is 4.89. The van der Waals surface area contributed by atoms with Crippen LogP contribution in [-0.2, 0) is 26.8 Å². The van der Waals surface area contributed by atoms with Gasteiger partial charge in [-0.15, -0.1) is 5.10 Å². The van der Waals surface area contributed by atoms with Gasteiger partial charge < -0.3 is 4.90 Å². The Labute approximate surface area is 155 Å². The van der Waals surface area contributed by atoms with Crippen LogP contribution in [0.25, 0.3) is 0 Å². The van der Waals surface area contributed by atoms with Gasteiger partial charge in [0, 0.05) is 21.1 Å². The van der Waals surface area contributed by atoms with Gasteiger partial charge in [0.2, 0.25) is 5.95 Å². The van der Waals surface area contributed by atoms with Gasteiger partial charge >= 0.3 is 6.18 Å². The van der Waals surface area contributed by atoms with Crippen molar-refractivity contribution in [2.24, 2.45) is 14.1 Å². The Bertz CT molecular complexity index is 996. The van der Waals surface area contributed by atoms with Gasteiger partial charge in [-0.3, -0.25) is 10.1 Å². The number of pyridine rings is 1. The van der Waals surface area contributed by atoms with Crippen LogP contribution in [0.15, 0.2) is 12.1 Å². The molecule has 0 radical (unpaired) electrons. The van der Waals surface area contributed by atoms with Gasteiger partial charge in [0.1, 0.15) is 11.5 Å². The minimum absolute atomic E-state index is 0.0175. The number of amides is 1. The molecule has 12 nitrogen and oxygen atoms in total. The van der Waals surface area contributed by atoms with E-state index in [1.54, 1.807) is 7.05 Å². The molecule has 1 amide bonds. The molecule has 0 aromatic carbocycles. The predicted octanol–water partition coefficient (Wildman–Crippen LogP) is 0.0361. The van der Waals surface area contributed by atoms with Gasteiger partial charge in [-0.1, -0.05) is 5.10 Å². The molecule has 3 heterocycles. The highest BCUT2D eigenvalue weighted by atomic mass is 19.4. The first-order valence-electron chi connectivity index (χ1n) is 7.71. The molecule has 3 aromatic rings. The number of nitrogens with zero attached hydrogens (tertiary/aromatic N) is 10. The monoisotopic (exact) mass is 397 g/mol. The van der Waals surface area contributed by atoms with E-state index in [2.05, 4.69) is 41.4 Å². The lowest BCUT2D eigenvalue weighted by molar-refractivity contribution is -0.141. The Hall–Kier alpha value is -3.65. The topological polar surface area (TPSA) is 132 Å². The van der Waals surface area contributed by atoms with Crippen LogP contribution in [0.3, 0.4) is 0 Å². The summed E-state index contributed by atoms with van der Waals surface area (Å²) in [5, 5.41) is 23.9. The standard InChI is InChI=1S/C13H14F3N11O/c1-25(6-9-19-21-23-26(9)2)10-7(4-5-8(17-10)13(14,15)16)11(28)18-12-20-22-24-27(12)3/h4-5H,6H2,1-3H3,(H,18,20,24,28). The summed E-state index contributed by atoms with van der Waals surface area (Å²) in [5.74, 6) is -0.538. The molecular formula is C13H14F3N11O. The summed E-state index contributed by atoms with van der Waals surface area (Å²) in [7, 11) is 4.55. The molecule has 0 aliphatic rings. The van der Waals surface area contributed by atoms with E-state index >= 15 is 0 Å². The van der Waals surface area contributed by atoms with E-state index < -0.39 is 17.8 Å². The number of hydrogen-bond donors (Lipinski definition) is 1. The van der Waals surface area contributed by atoms with Crippen LogP contribution in [-0.4, -0.2) is 58.4 Å². The van der Waals surface area contributed by atoms with Crippen molar-refractivity contribution in [3.63, 3.8) is 0 Å². The van der Waals surface area contributed by atoms with Crippen molar-refractivity contribution in [3.8, 4) is 0 Å². The first-order chi connectivity index (χ1) is 13.2. The number of nitrogens with one attached hydrogen (secondary N) is 1. The Morgan fingerprint density at radius 3 is 2.39 bits per heavy atom. The number of aryl methyl sites for hydroxylation is 2. The Morgan fingerprint density at radius 1 is 1.14 bits per heavy atom. The minimum Gasteiger partial charge on any atom is -0.351 e. The van der Waals surface area contributed by atoms with Crippen LogP contribution in [0.4, 0.5) is 24.9 Å². The normalized spacial score (nSPS) is 11.5. The summed E-state index contributed by atoms with van der Waals surface area (Å²) in [5.41, 5.74) is -1.24. The average Bonchev–Trinajstić information content (AvgIpc) is 3.22. The van der Waals surface area contributed by atoms with E-state index in [9.17, 15) is 18.0 Å². The number of carbonyl (C=O) groups excluding carboxylic acids is 1. The van der Waals surface area contributed by atoms with E-state index in [0.29, 0.717) is 5.82 Å². The molecule has 0 fully saturated rings. The fourth-order valence-electron chi connectivity index (χ4n) is 2.25. The molecule has 0 aliphatic carbocycles. The van der Waals surface area contributed by atoms with Crippen molar-refractivity contribution < 1.29 is 18.0 Å². The zero-order valence-electron chi connectivity index (χ0n) is 14.9. The SMILES string of the molecule is CN(Cc1nnnn1C)c1nc(C(F)(F)F)ccc1C(=O)Nc1nnnn1C. The highest BCUT2D eigenvalue weighted by molar-refractivity contribution is 6.06. The minimum atomic E-state index is -4.68. The molecule has 0 aliphatic heterocycles. The van der Waals surface area contributed by atoms with Crippen LogP contribution in [0.2, 0.25) is 0 Å². The molecular weight excluding hydrogens is 383 g/mol. The fourth-order valence-corrected chi connectivity index (χ4v) is 2.25. The first kappa shape index (κ1) is 19.1.